The van der Waals surface area contributed by atoms with Crippen LogP contribution < -0.4 is 5.73 Å². The van der Waals surface area contributed by atoms with Crippen LogP contribution in [0.25, 0.3) is 11.4 Å². The zero-order valence-corrected chi connectivity index (χ0v) is 9.28. The van der Waals surface area contributed by atoms with E-state index >= 15 is 0 Å². The molecule has 0 bridgehead atoms. The van der Waals surface area contributed by atoms with E-state index in [-0.39, 0.29) is 5.82 Å². The van der Waals surface area contributed by atoms with Gasteiger partial charge in [0.15, 0.2) is 0 Å². The minimum Gasteiger partial charge on any atom is -0.329 e. The van der Waals surface area contributed by atoms with Gasteiger partial charge in [-0.2, -0.15) is 0 Å². The zero-order valence-electron chi connectivity index (χ0n) is 8.53. The molecule has 84 valence electrons. The highest BCUT2D eigenvalue weighted by molar-refractivity contribution is 6.29. The van der Waals surface area contributed by atoms with Gasteiger partial charge in [0.25, 0.3) is 0 Å². The Morgan fingerprint density at radius 3 is 2.62 bits per heavy atom. The van der Waals surface area contributed by atoms with Gasteiger partial charge < -0.3 is 10.3 Å². The van der Waals surface area contributed by atoms with Gasteiger partial charge in [0, 0.05) is 18.7 Å². The zero-order chi connectivity index (χ0) is 11.5. The van der Waals surface area contributed by atoms with E-state index in [2.05, 4.69) is 4.98 Å². The lowest BCUT2D eigenvalue weighted by molar-refractivity contribution is 0.628. The maximum absolute atomic E-state index is 12.8. The van der Waals surface area contributed by atoms with E-state index < -0.39 is 0 Å². The lowest BCUT2D eigenvalue weighted by Crippen LogP contribution is -2.11. The summed E-state index contributed by atoms with van der Waals surface area (Å²) >= 11 is 5.98. The number of nitrogens with zero attached hydrogens (tertiary/aromatic N) is 2. The van der Waals surface area contributed by atoms with E-state index in [9.17, 15) is 4.39 Å². The topological polar surface area (TPSA) is 43.8 Å². The number of halogens is 2. The number of benzene rings is 1. The summed E-state index contributed by atoms with van der Waals surface area (Å²) in [5, 5.41) is 0.532. The van der Waals surface area contributed by atoms with Crippen molar-refractivity contribution in [2.75, 3.05) is 6.54 Å². The monoisotopic (exact) mass is 239 g/mol. The van der Waals surface area contributed by atoms with Crippen LogP contribution in [0.5, 0.6) is 0 Å². The number of hydrogen-bond acceptors (Lipinski definition) is 2. The molecular weight excluding hydrogens is 229 g/mol. The smallest absolute Gasteiger partial charge is 0.141 e. The Bertz CT molecular complexity index is 478. The molecule has 1 heterocycles. The van der Waals surface area contributed by atoms with Crippen LogP contribution in [0.1, 0.15) is 0 Å². The van der Waals surface area contributed by atoms with Gasteiger partial charge in [0.2, 0.25) is 0 Å². The van der Waals surface area contributed by atoms with Crippen molar-refractivity contribution < 1.29 is 4.39 Å². The first-order valence-electron chi connectivity index (χ1n) is 4.89. The second-order valence-electron chi connectivity index (χ2n) is 3.35. The summed E-state index contributed by atoms with van der Waals surface area (Å²) in [6.45, 7) is 1.07. The van der Waals surface area contributed by atoms with E-state index in [1.807, 2.05) is 0 Å². The van der Waals surface area contributed by atoms with E-state index in [1.54, 1.807) is 22.9 Å². The lowest BCUT2D eigenvalue weighted by atomic mass is 10.2. The molecule has 0 saturated carbocycles. The largest absolute Gasteiger partial charge is 0.329 e. The van der Waals surface area contributed by atoms with Crippen molar-refractivity contribution in [3.05, 3.63) is 41.4 Å². The van der Waals surface area contributed by atoms with E-state index in [0.29, 0.717) is 24.1 Å². The highest BCUT2D eigenvalue weighted by Gasteiger charge is 2.09. The van der Waals surface area contributed by atoms with Crippen molar-refractivity contribution >= 4 is 11.6 Å². The third kappa shape index (κ3) is 2.08. The second kappa shape index (κ2) is 4.63. The molecular formula is C11H11ClFN3. The van der Waals surface area contributed by atoms with Crippen molar-refractivity contribution in [2.45, 2.75) is 6.54 Å². The fourth-order valence-electron chi connectivity index (χ4n) is 1.53. The average molecular weight is 240 g/mol. The van der Waals surface area contributed by atoms with E-state index in [1.165, 1.54) is 12.1 Å². The number of aromatic nitrogens is 2. The Morgan fingerprint density at radius 1 is 1.31 bits per heavy atom. The molecule has 1 aromatic carbocycles. The molecule has 0 aliphatic carbocycles. The maximum atomic E-state index is 12.8. The highest BCUT2D eigenvalue weighted by Crippen LogP contribution is 2.22. The fraction of sp³-hybridized carbons (Fsp3) is 0.182. The summed E-state index contributed by atoms with van der Waals surface area (Å²) < 4.78 is 14.6. The first-order chi connectivity index (χ1) is 7.72. The van der Waals surface area contributed by atoms with Gasteiger partial charge in [-0.3, -0.25) is 0 Å². The highest BCUT2D eigenvalue weighted by atomic mass is 35.5. The molecule has 16 heavy (non-hydrogen) atoms. The van der Waals surface area contributed by atoms with Gasteiger partial charge in [-0.15, -0.1) is 0 Å². The van der Waals surface area contributed by atoms with Crippen LogP contribution in [-0.4, -0.2) is 16.1 Å². The number of imidazole rings is 1. The number of hydrogen-bond donors (Lipinski definition) is 1. The van der Waals surface area contributed by atoms with Gasteiger partial charge in [0.1, 0.15) is 16.8 Å². The Balaban J connectivity index is 2.43. The van der Waals surface area contributed by atoms with Crippen LogP contribution in [0.15, 0.2) is 30.5 Å². The summed E-state index contributed by atoms with van der Waals surface area (Å²) in [6, 6.07) is 6.12. The van der Waals surface area contributed by atoms with Gasteiger partial charge >= 0.3 is 0 Å². The predicted molar refractivity (Wildman–Crippen MR) is 61.7 cm³/mol. The SMILES string of the molecule is NCCn1c(Cl)cnc1-c1ccc(F)cc1. The molecule has 0 radical (unpaired) electrons. The molecule has 0 saturated heterocycles. The Kier molecular flexibility index (Phi) is 3.22. The predicted octanol–water partition coefficient (Wildman–Crippen LogP) is 2.30. The average Bonchev–Trinajstić information content (AvgIpc) is 2.63. The second-order valence-corrected chi connectivity index (χ2v) is 3.74. The lowest BCUT2D eigenvalue weighted by Gasteiger charge is -2.07. The van der Waals surface area contributed by atoms with E-state index in [0.717, 1.165) is 5.56 Å². The summed E-state index contributed by atoms with van der Waals surface area (Å²) in [5.74, 6) is 0.433. The van der Waals surface area contributed by atoms with Gasteiger partial charge in [0.05, 0.1) is 6.20 Å². The molecule has 3 nitrogen and oxygen atoms in total. The van der Waals surface area contributed by atoms with Crippen molar-refractivity contribution in [1.29, 1.82) is 0 Å². The summed E-state index contributed by atoms with van der Waals surface area (Å²) in [7, 11) is 0. The van der Waals surface area contributed by atoms with Crippen LogP contribution >= 0.6 is 11.6 Å². The molecule has 2 aromatic rings. The molecule has 0 atom stereocenters. The molecule has 0 spiro atoms. The van der Waals surface area contributed by atoms with E-state index in [4.69, 9.17) is 17.3 Å². The maximum Gasteiger partial charge on any atom is 0.141 e. The summed E-state index contributed by atoms with van der Waals surface area (Å²) in [6.07, 6.45) is 1.57. The Morgan fingerprint density at radius 2 is 2.00 bits per heavy atom. The third-order valence-electron chi connectivity index (χ3n) is 2.26. The van der Waals surface area contributed by atoms with Gasteiger partial charge in [-0.1, -0.05) is 11.6 Å². The van der Waals surface area contributed by atoms with Crippen molar-refractivity contribution in [3.63, 3.8) is 0 Å². The first kappa shape index (κ1) is 11.1. The Labute approximate surface area is 97.7 Å². The van der Waals surface area contributed by atoms with Crippen LogP contribution in [0, 0.1) is 5.82 Å². The number of rotatable bonds is 3. The molecule has 5 heteroatoms. The van der Waals surface area contributed by atoms with Crippen LogP contribution in [0.2, 0.25) is 5.15 Å². The quantitative estimate of drug-likeness (QED) is 0.893. The molecule has 2 rings (SSSR count). The Hall–Kier alpha value is -1.39. The normalized spacial score (nSPS) is 10.7. The molecule has 0 aliphatic rings. The van der Waals surface area contributed by atoms with Crippen molar-refractivity contribution in [1.82, 2.24) is 9.55 Å². The molecule has 1 aromatic heterocycles. The van der Waals surface area contributed by atoms with Crippen LogP contribution in [0.3, 0.4) is 0 Å². The first-order valence-corrected chi connectivity index (χ1v) is 5.27. The standard InChI is InChI=1S/C11H11ClFN3/c12-10-7-15-11(16(10)6-5-14)8-1-3-9(13)4-2-8/h1-4,7H,5-6,14H2. The van der Waals surface area contributed by atoms with Gasteiger partial charge in [-0.05, 0) is 24.3 Å². The minimum atomic E-state index is -0.272. The van der Waals surface area contributed by atoms with Crippen LogP contribution in [0.4, 0.5) is 4.39 Å². The molecule has 2 N–H and O–H groups in total. The molecule has 0 aliphatic heterocycles. The molecule has 0 amide bonds. The summed E-state index contributed by atoms with van der Waals surface area (Å²) in [4.78, 5) is 4.19. The van der Waals surface area contributed by atoms with Crippen LogP contribution in [-0.2, 0) is 6.54 Å². The summed E-state index contributed by atoms with van der Waals surface area (Å²) in [5.41, 5.74) is 6.31. The van der Waals surface area contributed by atoms with Crippen molar-refractivity contribution in [2.24, 2.45) is 5.73 Å². The van der Waals surface area contributed by atoms with Crippen molar-refractivity contribution in [3.8, 4) is 11.4 Å². The third-order valence-corrected chi connectivity index (χ3v) is 2.56. The van der Waals surface area contributed by atoms with Gasteiger partial charge in [-0.25, -0.2) is 9.37 Å². The molecule has 0 unspecified atom stereocenters. The molecule has 0 fully saturated rings. The number of nitrogens with two attached hydrogens (primary N) is 1. The fourth-order valence-corrected chi connectivity index (χ4v) is 1.74. The minimum absolute atomic E-state index is 0.272.